The number of aliphatic carboxylic acids is 1. The standard InChI is InChI=1S/C10H18N2O4S/c13-10(14)7-17(15,16)11-5-8-3-4-12(6-8)9-1-2-9/h8-9,11H,1-7H2,(H,13,14). The predicted molar refractivity (Wildman–Crippen MR) is 62.1 cm³/mol. The van der Waals surface area contributed by atoms with Gasteiger partial charge in [-0.2, -0.15) is 0 Å². The predicted octanol–water partition coefficient (Wildman–Crippen LogP) is -0.525. The summed E-state index contributed by atoms with van der Waals surface area (Å²) in [6, 6.07) is 0.718. The summed E-state index contributed by atoms with van der Waals surface area (Å²) in [5.74, 6) is -1.84. The van der Waals surface area contributed by atoms with Crippen molar-refractivity contribution >= 4 is 16.0 Å². The molecule has 0 aromatic rings. The molecule has 1 aliphatic carbocycles. The number of likely N-dealkylation sites (tertiary alicyclic amines) is 1. The Labute approximate surface area is 101 Å². The lowest BCUT2D eigenvalue weighted by molar-refractivity contribution is -0.134. The zero-order valence-electron chi connectivity index (χ0n) is 9.63. The highest BCUT2D eigenvalue weighted by Gasteiger charge is 2.34. The van der Waals surface area contributed by atoms with Crippen LogP contribution in [0.5, 0.6) is 0 Å². The fourth-order valence-corrected chi connectivity index (χ4v) is 3.18. The van der Waals surface area contributed by atoms with Crippen molar-refractivity contribution in [2.75, 3.05) is 25.4 Å². The lowest BCUT2D eigenvalue weighted by Crippen LogP contribution is -2.34. The number of sulfonamides is 1. The molecule has 2 N–H and O–H groups in total. The normalized spacial score (nSPS) is 26.2. The number of carboxylic acid groups (broad SMARTS) is 1. The van der Waals surface area contributed by atoms with Crippen molar-refractivity contribution in [2.24, 2.45) is 5.92 Å². The summed E-state index contributed by atoms with van der Waals surface area (Å²) in [5, 5.41) is 8.44. The van der Waals surface area contributed by atoms with E-state index < -0.39 is 21.7 Å². The van der Waals surface area contributed by atoms with E-state index >= 15 is 0 Å². The van der Waals surface area contributed by atoms with Gasteiger partial charge in [0.05, 0.1) is 0 Å². The van der Waals surface area contributed by atoms with Crippen LogP contribution < -0.4 is 4.72 Å². The first-order valence-corrected chi connectivity index (χ1v) is 7.55. The maximum absolute atomic E-state index is 11.3. The molecule has 7 heteroatoms. The van der Waals surface area contributed by atoms with Gasteiger partial charge in [-0.1, -0.05) is 0 Å². The maximum Gasteiger partial charge on any atom is 0.320 e. The van der Waals surface area contributed by atoms with Crippen LogP contribution >= 0.6 is 0 Å². The van der Waals surface area contributed by atoms with Gasteiger partial charge in [0.1, 0.15) is 0 Å². The molecule has 2 fully saturated rings. The van der Waals surface area contributed by atoms with Crippen molar-refractivity contribution in [3.05, 3.63) is 0 Å². The molecule has 98 valence electrons. The van der Waals surface area contributed by atoms with Crippen LogP contribution in [0.3, 0.4) is 0 Å². The van der Waals surface area contributed by atoms with Crippen LogP contribution in [-0.4, -0.2) is 55.8 Å². The molecule has 2 aliphatic rings. The van der Waals surface area contributed by atoms with E-state index in [0.29, 0.717) is 12.5 Å². The van der Waals surface area contributed by atoms with Gasteiger partial charge in [-0.3, -0.25) is 4.79 Å². The molecule has 1 aliphatic heterocycles. The van der Waals surface area contributed by atoms with Gasteiger partial charge in [-0.15, -0.1) is 0 Å². The second-order valence-corrected chi connectivity index (χ2v) is 6.69. The molecule has 0 amide bonds. The molecule has 2 rings (SSSR count). The third-order valence-corrected chi connectivity index (χ3v) is 4.52. The highest BCUT2D eigenvalue weighted by Crippen LogP contribution is 2.31. The van der Waals surface area contributed by atoms with E-state index in [4.69, 9.17) is 5.11 Å². The van der Waals surface area contributed by atoms with E-state index in [2.05, 4.69) is 9.62 Å². The lowest BCUT2D eigenvalue weighted by Gasteiger charge is -2.14. The first-order chi connectivity index (χ1) is 7.96. The molecule has 1 atom stereocenters. The summed E-state index contributed by atoms with van der Waals surface area (Å²) in [6.07, 6.45) is 3.51. The number of hydrogen-bond acceptors (Lipinski definition) is 4. The fourth-order valence-electron chi connectivity index (χ4n) is 2.26. The molecule has 0 aromatic heterocycles. The summed E-state index contributed by atoms with van der Waals surface area (Å²) in [7, 11) is -3.66. The average molecular weight is 262 g/mol. The highest BCUT2D eigenvalue weighted by atomic mass is 32.2. The Morgan fingerprint density at radius 3 is 2.65 bits per heavy atom. The Morgan fingerprint density at radius 2 is 2.06 bits per heavy atom. The van der Waals surface area contributed by atoms with Gasteiger partial charge < -0.3 is 10.0 Å². The monoisotopic (exact) mass is 262 g/mol. The van der Waals surface area contributed by atoms with Crippen LogP contribution in [0.4, 0.5) is 0 Å². The summed E-state index contributed by atoms with van der Waals surface area (Å²) in [6.45, 7) is 2.33. The molecule has 1 heterocycles. The van der Waals surface area contributed by atoms with E-state index in [-0.39, 0.29) is 0 Å². The second kappa shape index (κ2) is 4.91. The Hall–Kier alpha value is -0.660. The van der Waals surface area contributed by atoms with Crippen molar-refractivity contribution in [3.8, 4) is 0 Å². The zero-order valence-corrected chi connectivity index (χ0v) is 10.4. The Balaban J connectivity index is 1.73. The number of nitrogens with zero attached hydrogens (tertiary/aromatic N) is 1. The average Bonchev–Trinajstić information content (AvgIpc) is 2.94. The van der Waals surface area contributed by atoms with E-state index in [1.54, 1.807) is 0 Å². The van der Waals surface area contributed by atoms with E-state index in [9.17, 15) is 13.2 Å². The molecule has 1 unspecified atom stereocenters. The molecule has 0 spiro atoms. The van der Waals surface area contributed by atoms with Crippen LogP contribution in [0.2, 0.25) is 0 Å². The van der Waals surface area contributed by atoms with Crippen LogP contribution in [0.25, 0.3) is 0 Å². The van der Waals surface area contributed by atoms with E-state index in [0.717, 1.165) is 25.6 Å². The van der Waals surface area contributed by atoms with Crippen LogP contribution in [0.15, 0.2) is 0 Å². The van der Waals surface area contributed by atoms with Gasteiger partial charge >= 0.3 is 5.97 Å². The molecule has 17 heavy (non-hydrogen) atoms. The SMILES string of the molecule is O=C(O)CS(=O)(=O)NCC1CCN(C2CC2)C1. The molecule has 6 nitrogen and oxygen atoms in total. The zero-order chi connectivity index (χ0) is 12.5. The van der Waals surface area contributed by atoms with Crippen LogP contribution in [0, 0.1) is 5.92 Å². The minimum atomic E-state index is -3.66. The van der Waals surface area contributed by atoms with Crippen molar-refractivity contribution in [1.29, 1.82) is 0 Å². The quantitative estimate of drug-likeness (QED) is 0.672. The Kier molecular flexibility index (Phi) is 3.70. The largest absolute Gasteiger partial charge is 0.480 e. The van der Waals surface area contributed by atoms with Gasteiger partial charge in [-0.25, -0.2) is 13.1 Å². The van der Waals surface area contributed by atoms with Crippen LogP contribution in [0.1, 0.15) is 19.3 Å². The van der Waals surface area contributed by atoms with Crippen molar-refractivity contribution < 1.29 is 18.3 Å². The first kappa shape index (κ1) is 12.8. The smallest absolute Gasteiger partial charge is 0.320 e. The second-order valence-electron chi connectivity index (χ2n) is 4.88. The Morgan fingerprint density at radius 1 is 1.35 bits per heavy atom. The van der Waals surface area contributed by atoms with Crippen LogP contribution in [-0.2, 0) is 14.8 Å². The summed E-state index contributed by atoms with van der Waals surface area (Å²) < 4.78 is 25.0. The molecule has 1 saturated heterocycles. The third-order valence-electron chi connectivity index (χ3n) is 3.29. The molecule has 1 saturated carbocycles. The Bertz CT molecular complexity index is 391. The van der Waals surface area contributed by atoms with Crippen molar-refractivity contribution in [2.45, 2.75) is 25.3 Å². The van der Waals surface area contributed by atoms with Gasteiger partial charge in [0.15, 0.2) is 5.75 Å². The summed E-state index contributed by atoms with van der Waals surface area (Å²) in [5.41, 5.74) is 0. The number of carboxylic acids is 1. The molecule has 0 aromatic carbocycles. The van der Waals surface area contributed by atoms with Crippen molar-refractivity contribution in [3.63, 3.8) is 0 Å². The lowest BCUT2D eigenvalue weighted by atomic mass is 10.1. The molecule has 0 bridgehead atoms. The number of nitrogens with one attached hydrogen (secondary N) is 1. The van der Waals surface area contributed by atoms with E-state index in [1.165, 1.54) is 12.8 Å². The minimum Gasteiger partial charge on any atom is -0.480 e. The fraction of sp³-hybridized carbons (Fsp3) is 0.900. The number of hydrogen-bond donors (Lipinski definition) is 2. The third kappa shape index (κ3) is 3.93. The minimum absolute atomic E-state index is 0.319. The van der Waals surface area contributed by atoms with Crippen molar-refractivity contribution in [1.82, 2.24) is 9.62 Å². The molecule has 0 radical (unpaired) electrons. The van der Waals surface area contributed by atoms with Gasteiger partial charge in [-0.05, 0) is 31.7 Å². The summed E-state index contributed by atoms with van der Waals surface area (Å²) >= 11 is 0. The van der Waals surface area contributed by atoms with Gasteiger partial charge in [0, 0.05) is 19.1 Å². The molecular weight excluding hydrogens is 244 g/mol. The van der Waals surface area contributed by atoms with Gasteiger partial charge in [0.25, 0.3) is 0 Å². The highest BCUT2D eigenvalue weighted by molar-refractivity contribution is 7.90. The first-order valence-electron chi connectivity index (χ1n) is 5.89. The van der Waals surface area contributed by atoms with E-state index in [1.807, 2.05) is 0 Å². The topological polar surface area (TPSA) is 86.7 Å². The summed E-state index contributed by atoms with van der Waals surface area (Å²) in [4.78, 5) is 12.7. The number of rotatable bonds is 6. The van der Waals surface area contributed by atoms with Gasteiger partial charge in [0.2, 0.25) is 10.0 Å². The molecular formula is C10H18N2O4S. The number of carbonyl (C=O) groups is 1. The maximum atomic E-state index is 11.3.